The molecule has 25 heavy (non-hydrogen) atoms. The maximum absolute atomic E-state index is 12.2. The first-order valence-electron chi connectivity index (χ1n) is 9.35. The van der Waals surface area contributed by atoms with Gasteiger partial charge in [-0.2, -0.15) is 0 Å². The maximum atomic E-state index is 12.2. The molecule has 6 nitrogen and oxygen atoms in total. The molecule has 0 radical (unpaired) electrons. The molecule has 144 valence electrons. The van der Waals surface area contributed by atoms with E-state index >= 15 is 0 Å². The van der Waals surface area contributed by atoms with Gasteiger partial charge in [0.15, 0.2) is 0 Å². The van der Waals surface area contributed by atoms with E-state index in [4.69, 9.17) is 0 Å². The molecule has 1 rings (SSSR count). The van der Waals surface area contributed by atoms with Crippen LogP contribution in [0.25, 0.3) is 0 Å². The third kappa shape index (κ3) is 7.16. The zero-order chi connectivity index (χ0) is 19.0. The Kier molecular flexibility index (Phi) is 9.14. The molecule has 1 aromatic carbocycles. The summed E-state index contributed by atoms with van der Waals surface area (Å²) in [5, 5.41) is 3.21. The highest BCUT2D eigenvalue weighted by Gasteiger charge is 2.25. The van der Waals surface area contributed by atoms with E-state index in [-0.39, 0.29) is 10.9 Å². The first kappa shape index (κ1) is 21.6. The van der Waals surface area contributed by atoms with E-state index in [0.717, 1.165) is 52.0 Å². The Bertz CT molecular complexity index is 560. The van der Waals surface area contributed by atoms with Crippen LogP contribution in [0.5, 0.6) is 0 Å². The lowest BCUT2D eigenvalue weighted by molar-refractivity contribution is 0.390. The van der Waals surface area contributed by atoms with Gasteiger partial charge in [0.05, 0.1) is 0 Å². The van der Waals surface area contributed by atoms with Crippen molar-refractivity contribution in [2.24, 2.45) is 5.92 Å². The molecule has 1 aromatic rings. The summed E-state index contributed by atoms with van der Waals surface area (Å²) in [6.07, 6.45) is 2.93. The highest BCUT2D eigenvalue weighted by molar-refractivity contribution is 5.75. The predicted molar refractivity (Wildman–Crippen MR) is 108 cm³/mol. The summed E-state index contributed by atoms with van der Waals surface area (Å²) in [6, 6.07) is 0. The normalized spacial score (nSPS) is 11.9. The predicted octanol–water partition coefficient (Wildman–Crippen LogP) is 1.45. The topological polar surface area (TPSA) is 55.9 Å². The Balaban J connectivity index is 2.79. The lowest BCUT2D eigenvalue weighted by Crippen LogP contribution is -2.44. The van der Waals surface area contributed by atoms with Gasteiger partial charge in [-0.1, -0.05) is 13.8 Å². The molecular formula is C19H36N4O2. The molecule has 0 aliphatic heterocycles. The van der Waals surface area contributed by atoms with E-state index in [1.54, 1.807) is 0 Å². The number of anilines is 2. The molecule has 0 saturated heterocycles. The molecule has 0 aliphatic carbocycles. The summed E-state index contributed by atoms with van der Waals surface area (Å²) in [7, 11) is 8.19. The molecule has 0 spiro atoms. The molecule has 0 unspecified atom stereocenters. The van der Waals surface area contributed by atoms with Crippen molar-refractivity contribution in [3.63, 3.8) is 0 Å². The largest absolute Gasteiger partial charge is 0.380 e. The Hall–Kier alpha value is -1.40. The zero-order valence-corrected chi connectivity index (χ0v) is 16.9. The molecule has 0 bridgehead atoms. The van der Waals surface area contributed by atoms with Crippen molar-refractivity contribution >= 4 is 11.4 Å². The van der Waals surface area contributed by atoms with Gasteiger partial charge in [-0.3, -0.25) is 9.59 Å². The molecule has 0 aromatic heterocycles. The van der Waals surface area contributed by atoms with Crippen LogP contribution in [0.1, 0.15) is 33.1 Å². The van der Waals surface area contributed by atoms with Crippen LogP contribution in [-0.2, 0) is 0 Å². The molecule has 0 saturated carbocycles. The molecule has 0 aliphatic rings. The number of nitrogens with zero attached hydrogens (tertiary/aromatic N) is 3. The fourth-order valence-corrected chi connectivity index (χ4v) is 2.82. The monoisotopic (exact) mass is 352 g/mol. The van der Waals surface area contributed by atoms with Crippen molar-refractivity contribution in [2.75, 3.05) is 71.1 Å². The highest BCUT2D eigenvalue weighted by Crippen LogP contribution is 2.21. The van der Waals surface area contributed by atoms with Gasteiger partial charge in [-0.25, -0.2) is 0 Å². The fraction of sp³-hybridized carbons (Fsp3) is 0.789. The fourth-order valence-electron chi connectivity index (χ4n) is 2.82. The first-order valence-corrected chi connectivity index (χ1v) is 9.35. The molecule has 0 amide bonds. The summed E-state index contributed by atoms with van der Waals surface area (Å²) < 4.78 is 0. The second kappa shape index (κ2) is 10.6. The number of nitrogens with one attached hydrogen (secondary N) is 1. The maximum Gasteiger partial charge on any atom is 0.253 e. The molecule has 6 heteroatoms. The smallest absolute Gasteiger partial charge is 0.253 e. The quantitative estimate of drug-likeness (QED) is 0.542. The van der Waals surface area contributed by atoms with Gasteiger partial charge >= 0.3 is 0 Å². The standard InChI is InChI=1S/C19H36N4O2/c1-15(2)9-10-20-16-17(19(25)18(16)24)23(13-7-11-21(3)4)14-8-12-22(5)6/h15,20H,7-14H2,1-6H3. The van der Waals surface area contributed by atoms with Gasteiger partial charge in [0.25, 0.3) is 10.9 Å². The van der Waals surface area contributed by atoms with Crippen LogP contribution >= 0.6 is 0 Å². The van der Waals surface area contributed by atoms with E-state index in [9.17, 15) is 9.59 Å². The van der Waals surface area contributed by atoms with Crippen molar-refractivity contribution in [3.8, 4) is 0 Å². The van der Waals surface area contributed by atoms with E-state index in [1.165, 1.54) is 0 Å². The molecular weight excluding hydrogens is 316 g/mol. The van der Waals surface area contributed by atoms with Gasteiger partial charge in [0.1, 0.15) is 11.4 Å². The Morgan fingerprint density at radius 1 is 0.840 bits per heavy atom. The van der Waals surface area contributed by atoms with E-state index in [2.05, 4.69) is 33.9 Å². The van der Waals surface area contributed by atoms with Crippen molar-refractivity contribution in [1.29, 1.82) is 0 Å². The number of rotatable bonds is 13. The number of hydrogen-bond acceptors (Lipinski definition) is 6. The summed E-state index contributed by atoms with van der Waals surface area (Å²) in [6.45, 7) is 8.58. The van der Waals surface area contributed by atoms with Crippen LogP contribution in [0.2, 0.25) is 0 Å². The Morgan fingerprint density at radius 2 is 1.36 bits per heavy atom. The van der Waals surface area contributed by atoms with Crippen LogP contribution in [0.4, 0.5) is 11.4 Å². The summed E-state index contributed by atoms with van der Waals surface area (Å²) >= 11 is 0. The lowest BCUT2D eigenvalue weighted by atomic mass is 10.1. The average molecular weight is 353 g/mol. The van der Waals surface area contributed by atoms with Gasteiger partial charge in [0, 0.05) is 19.6 Å². The minimum Gasteiger partial charge on any atom is -0.380 e. The average Bonchev–Trinajstić information content (AvgIpc) is 2.51. The summed E-state index contributed by atoms with van der Waals surface area (Å²) in [5.41, 5.74) is 0.442. The third-order valence-electron chi connectivity index (χ3n) is 4.29. The highest BCUT2D eigenvalue weighted by atomic mass is 16.2. The van der Waals surface area contributed by atoms with Gasteiger partial charge < -0.3 is 20.0 Å². The first-order chi connectivity index (χ1) is 11.7. The van der Waals surface area contributed by atoms with E-state index < -0.39 is 0 Å². The number of hydrogen-bond donors (Lipinski definition) is 1. The Morgan fingerprint density at radius 3 is 1.80 bits per heavy atom. The van der Waals surface area contributed by atoms with Crippen LogP contribution in [-0.4, -0.2) is 70.7 Å². The van der Waals surface area contributed by atoms with Crippen molar-refractivity contribution in [2.45, 2.75) is 33.1 Å². The summed E-state index contributed by atoms with van der Waals surface area (Å²) in [4.78, 5) is 30.6. The molecule has 0 atom stereocenters. The summed E-state index contributed by atoms with van der Waals surface area (Å²) in [5.74, 6) is 0.568. The van der Waals surface area contributed by atoms with E-state index in [1.807, 2.05) is 28.2 Å². The molecule has 0 heterocycles. The minimum absolute atomic E-state index is 0.332. The minimum atomic E-state index is -0.357. The second-order valence-corrected chi connectivity index (χ2v) is 7.79. The molecule has 1 N–H and O–H groups in total. The van der Waals surface area contributed by atoms with Crippen LogP contribution in [0.15, 0.2) is 9.59 Å². The van der Waals surface area contributed by atoms with Crippen LogP contribution in [0.3, 0.4) is 0 Å². The zero-order valence-electron chi connectivity index (χ0n) is 16.9. The molecule has 0 fully saturated rings. The second-order valence-electron chi connectivity index (χ2n) is 7.79. The van der Waals surface area contributed by atoms with Gasteiger partial charge in [-0.15, -0.1) is 0 Å². The van der Waals surface area contributed by atoms with Gasteiger partial charge in [0.2, 0.25) is 0 Å². The van der Waals surface area contributed by atoms with Crippen molar-refractivity contribution < 1.29 is 0 Å². The SMILES string of the molecule is CC(C)CCNc1c(N(CCCN(C)C)CCCN(C)C)c(=O)c1=O. The van der Waals surface area contributed by atoms with Crippen LogP contribution in [0, 0.1) is 5.92 Å². The van der Waals surface area contributed by atoms with Crippen molar-refractivity contribution in [3.05, 3.63) is 20.4 Å². The van der Waals surface area contributed by atoms with E-state index in [0.29, 0.717) is 17.3 Å². The van der Waals surface area contributed by atoms with Gasteiger partial charge in [-0.05, 0) is 66.5 Å². The lowest BCUT2D eigenvalue weighted by Gasteiger charge is -2.29. The third-order valence-corrected chi connectivity index (χ3v) is 4.29. The van der Waals surface area contributed by atoms with Crippen molar-refractivity contribution in [1.82, 2.24) is 9.80 Å². The van der Waals surface area contributed by atoms with Crippen LogP contribution < -0.4 is 21.1 Å². The Labute approximate surface area is 152 Å².